The van der Waals surface area contributed by atoms with Crippen molar-refractivity contribution in [2.45, 2.75) is 0 Å². The summed E-state index contributed by atoms with van der Waals surface area (Å²) in [6, 6.07) is 12.8. The van der Waals surface area contributed by atoms with Crippen LogP contribution in [0.5, 0.6) is 0 Å². The molecule has 0 unspecified atom stereocenters. The van der Waals surface area contributed by atoms with Gasteiger partial charge < -0.3 is 0 Å². The topological polar surface area (TPSA) is 0 Å². The van der Waals surface area contributed by atoms with E-state index in [0.29, 0.717) is 0 Å². The SMILES string of the molecule is Brc1c(I)ccc(-c2ccc(I)cc2)c1Br. The van der Waals surface area contributed by atoms with Gasteiger partial charge in [0.25, 0.3) is 0 Å². The second-order valence-electron chi connectivity index (χ2n) is 3.23. The van der Waals surface area contributed by atoms with Crippen LogP contribution in [0.4, 0.5) is 0 Å². The van der Waals surface area contributed by atoms with Gasteiger partial charge in [-0.1, -0.05) is 18.2 Å². The lowest BCUT2D eigenvalue weighted by Crippen LogP contribution is -1.84. The van der Waals surface area contributed by atoms with E-state index in [4.69, 9.17) is 0 Å². The maximum absolute atomic E-state index is 3.63. The standard InChI is InChI=1S/C12H6Br2I2/c13-11-9(5-6-10(16)12(11)14)7-1-3-8(15)4-2-7/h1-6H. The Hall–Kier alpha value is 0.860. The van der Waals surface area contributed by atoms with E-state index in [0.717, 1.165) is 8.95 Å². The molecule has 82 valence electrons. The molecule has 0 aromatic heterocycles. The quantitative estimate of drug-likeness (QED) is 0.291. The van der Waals surface area contributed by atoms with Gasteiger partial charge in [0.2, 0.25) is 0 Å². The molecule has 2 aromatic carbocycles. The summed E-state index contributed by atoms with van der Waals surface area (Å²) >= 11 is 11.8. The molecule has 0 aliphatic carbocycles. The van der Waals surface area contributed by atoms with Crippen molar-refractivity contribution in [1.29, 1.82) is 0 Å². The molecule has 0 amide bonds. The normalized spacial score (nSPS) is 10.5. The highest BCUT2D eigenvalue weighted by Gasteiger charge is 2.08. The molecule has 0 nitrogen and oxygen atoms in total. The minimum atomic E-state index is 1.11. The molecule has 0 aliphatic heterocycles. The van der Waals surface area contributed by atoms with Crippen LogP contribution in [0.15, 0.2) is 45.3 Å². The minimum absolute atomic E-state index is 1.11. The first-order valence-corrected chi connectivity index (χ1v) is 8.23. The van der Waals surface area contributed by atoms with E-state index in [9.17, 15) is 0 Å². The Morgan fingerprint density at radius 1 is 0.750 bits per heavy atom. The maximum Gasteiger partial charge on any atom is 0.0457 e. The summed E-state index contributed by atoms with van der Waals surface area (Å²) in [7, 11) is 0. The van der Waals surface area contributed by atoms with Gasteiger partial charge in [-0.05, 0) is 106 Å². The lowest BCUT2D eigenvalue weighted by Gasteiger charge is -2.08. The molecule has 16 heavy (non-hydrogen) atoms. The third-order valence-electron chi connectivity index (χ3n) is 2.19. The third kappa shape index (κ3) is 2.81. The van der Waals surface area contributed by atoms with E-state index in [1.165, 1.54) is 18.3 Å². The first kappa shape index (κ1) is 13.3. The van der Waals surface area contributed by atoms with Gasteiger partial charge in [0, 0.05) is 16.1 Å². The summed E-state index contributed by atoms with van der Waals surface area (Å²) in [5, 5.41) is 0. The third-order valence-corrected chi connectivity index (χ3v) is 6.73. The van der Waals surface area contributed by atoms with Crippen LogP contribution in [-0.2, 0) is 0 Å². The van der Waals surface area contributed by atoms with Crippen LogP contribution >= 0.6 is 77.0 Å². The fourth-order valence-corrected chi connectivity index (χ4v) is 3.48. The second-order valence-corrected chi connectivity index (χ2v) is 7.22. The summed E-state index contributed by atoms with van der Waals surface area (Å²) in [4.78, 5) is 0. The molecule has 0 spiro atoms. The Kier molecular flexibility index (Phi) is 4.71. The fraction of sp³-hybridized carbons (Fsp3) is 0. The zero-order valence-electron chi connectivity index (χ0n) is 7.98. The van der Waals surface area contributed by atoms with Gasteiger partial charge in [-0.25, -0.2) is 0 Å². The Bertz CT molecular complexity index is 521. The van der Waals surface area contributed by atoms with Gasteiger partial charge >= 0.3 is 0 Å². The van der Waals surface area contributed by atoms with E-state index in [1.807, 2.05) is 0 Å². The summed E-state index contributed by atoms with van der Waals surface area (Å²) < 4.78 is 4.69. The summed E-state index contributed by atoms with van der Waals surface area (Å²) in [5.74, 6) is 0. The van der Waals surface area contributed by atoms with Crippen molar-refractivity contribution in [2.75, 3.05) is 0 Å². The lowest BCUT2D eigenvalue weighted by atomic mass is 10.1. The van der Waals surface area contributed by atoms with E-state index in [2.05, 4.69) is 113 Å². The number of rotatable bonds is 1. The van der Waals surface area contributed by atoms with Crippen molar-refractivity contribution in [2.24, 2.45) is 0 Å². The summed E-state index contributed by atoms with van der Waals surface area (Å²) in [5.41, 5.74) is 2.44. The Morgan fingerprint density at radius 3 is 2.00 bits per heavy atom. The monoisotopic (exact) mass is 562 g/mol. The molecule has 0 heterocycles. The fourth-order valence-electron chi connectivity index (χ4n) is 1.38. The minimum Gasteiger partial charge on any atom is -0.0533 e. The Labute approximate surface area is 139 Å². The highest BCUT2D eigenvalue weighted by molar-refractivity contribution is 14.1. The van der Waals surface area contributed by atoms with E-state index in [-0.39, 0.29) is 0 Å². The molecular formula is C12H6Br2I2. The molecular weight excluding hydrogens is 558 g/mol. The van der Waals surface area contributed by atoms with Crippen LogP contribution in [0.3, 0.4) is 0 Å². The van der Waals surface area contributed by atoms with Gasteiger partial charge in [0.15, 0.2) is 0 Å². The highest BCUT2D eigenvalue weighted by Crippen LogP contribution is 2.36. The molecule has 0 saturated heterocycles. The van der Waals surface area contributed by atoms with Crippen molar-refractivity contribution in [3.63, 3.8) is 0 Å². The molecule has 0 saturated carbocycles. The van der Waals surface area contributed by atoms with Crippen LogP contribution in [0.1, 0.15) is 0 Å². The molecule has 0 N–H and O–H groups in total. The van der Waals surface area contributed by atoms with Crippen LogP contribution < -0.4 is 0 Å². The summed E-state index contributed by atoms with van der Waals surface area (Å²) in [6.07, 6.45) is 0. The maximum atomic E-state index is 3.63. The molecule has 0 fully saturated rings. The zero-order valence-corrected chi connectivity index (χ0v) is 15.5. The highest BCUT2D eigenvalue weighted by atomic mass is 127. The van der Waals surface area contributed by atoms with Crippen LogP contribution in [0, 0.1) is 7.14 Å². The smallest absolute Gasteiger partial charge is 0.0457 e. The molecule has 0 bridgehead atoms. The molecule has 2 aromatic rings. The molecule has 0 radical (unpaired) electrons. The van der Waals surface area contributed by atoms with Crippen molar-refractivity contribution in [1.82, 2.24) is 0 Å². The van der Waals surface area contributed by atoms with Crippen molar-refractivity contribution >= 4 is 77.0 Å². The largest absolute Gasteiger partial charge is 0.0533 e. The molecule has 0 aliphatic rings. The van der Waals surface area contributed by atoms with Crippen LogP contribution in [0.2, 0.25) is 0 Å². The van der Waals surface area contributed by atoms with E-state index in [1.54, 1.807) is 0 Å². The van der Waals surface area contributed by atoms with E-state index >= 15 is 0 Å². The average Bonchev–Trinajstić information content (AvgIpc) is 2.28. The number of halogens is 4. The zero-order chi connectivity index (χ0) is 11.7. The van der Waals surface area contributed by atoms with E-state index < -0.39 is 0 Å². The first-order chi connectivity index (χ1) is 7.59. The molecule has 4 heteroatoms. The predicted molar refractivity (Wildman–Crippen MR) is 92.7 cm³/mol. The number of hydrogen-bond acceptors (Lipinski definition) is 0. The van der Waals surface area contributed by atoms with Gasteiger partial charge in [-0.3, -0.25) is 0 Å². The second kappa shape index (κ2) is 5.67. The first-order valence-electron chi connectivity index (χ1n) is 4.49. The Balaban J connectivity index is 2.57. The number of benzene rings is 2. The van der Waals surface area contributed by atoms with Gasteiger partial charge in [0.1, 0.15) is 0 Å². The summed E-state index contributed by atoms with van der Waals surface area (Å²) in [6.45, 7) is 0. The predicted octanol–water partition coefficient (Wildman–Crippen LogP) is 6.09. The van der Waals surface area contributed by atoms with Crippen molar-refractivity contribution in [3.05, 3.63) is 52.5 Å². The van der Waals surface area contributed by atoms with Crippen LogP contribution in [-0.4, -0.2) is 0 Å². The van der Waals surface area contributed by atoms with Gasteiger partial charge in [0.05, 0.1) is 0 Å². The van der Waals surface area contributed by atoms with Crippen molar-refractivity contribution in [3.8, 4) is 11.1 Å². The van der Waals surface area contributed by atoms with Gasteiger partial charge in [-0.2, -0.15) is 0 Å². The lowest BCUT2D eigenvalue weighted by molar-refractivity contribution is 1.50. The van der Waals surface area contributed by atoms with Crippen LogP contribution in [0.25, 0.3) is 11.1 Å². The van der Waals surface area contributed by atoms with Crippen molar-refractivity contribution < 1.29 is 0 Å². The molecule has 2 rings (SSSR count). The van der Waals surface area contributed by atoms with Gasteiger partial charge in [-0.15, -0.1) is 0 Å². The average molecular weight is 564 g/mol. The molecule has 0 atom stereocenters. The number of hydrogen-bond donors (Lipinski definition) is 0. The Morgan fingerprint density at radius 2 is 1.38 bits per heavy atom.